The van der Waals surface area contributed by atoms with E-state index in [1.54, 1.807) is 13.0 Å². The van der Waals surface area contributed by atoms with E-state index in [1.807, 2.05) is 6.92 Å². The maximum Gasteiger partial charge on any atom is 0.220 e. The molecule has 1 saturated carbocycles. The highest BCUT2D eigenvalue weighted by molar-refractivity contribution is 7.97. The van der Waals surface area contributed by atoms with Crippen molar-refractivity contribution < 1.29 is 9.18 Å². The second-order valence-corrected chi connectivity index (χ2v) is 6.22. The molecule has 6 heteroatoms. The maximum absolute atomic E-state index is 13.4. The Morgan fingerprint density at radius 3 is 2.68 bits per heavy atom. The van der Waals surface area contributed by atoms with Crippen LogP contribution in [0.15, 0.2) is 28.8 Å². The van der Waals surface area contributed by atoms with Gasteiger partial charge in [0.05, 0.1) is 17.0 Å². The van der Waals surface area contributed by atoms with Gasteiger partial charge in [0.2, 0.25) is 5.12 Å². The van der Waals surface area contributed by atoms with Gasteiger partial charge in [-0.2, -0.15) is 0 Å². The van der Waals surface area contributed by atoms with Crippen LogP contribution in [0.3, 0.4) is 0 Å². The topological polar surface area (TPSA) is 58.7 Å². The molecule has 1 aromatic rings. The third kappa shape index (κ3) is 2.57. The molecule has 22 heavy (non-hydrogen) atoms. The molecular formula is C16H18FN3OS. The zero-order valence-corrected chi connectivity index (χ0v) is 13.4. The number of benzene rings is 1. The molecule has 116 valence electrons. The van der Waals surface area contributed by atoms with Crippen LogP contribution in [0.5, 0.6) is 0 Å². The first-order chi connectivity index (χ1) is 10.4. The van der Waals surface area contributed by atoms with E-state index >= 15 is 0 Å². The van der Waals surface area contributed by atoms with Gasteiger partial charge in [0.25, 0.3) is 0 Å². The van der Waals surface area contributed by atoms with Crippen LogP contribution in [-0.4, -0.2) is 22.0 Å². The average molecular weight is 319 g/mol. The summed E-state index contributed by atoms with van der Waals surface area (Å²) in [6, 6.07) is 4.46. The van der Waals surface area contributed by atoms with Crippen molar-refractivity contribution in [3.8, 4) is 0 Å². The molecule has 4 nitrogen and oxygen atoms in total. The van der Waals surface area contributed by atoms with Gasteiger partial charge in [0.15, 0.2) is 0 Å². The Bertz CT molecular complexity index is 709. The molecule has 0 spiro atoms. The van der Waals surface area contributed by atoms with Crippen LogP contribution >= 0.6 is 12.6 Å². The van der Waals surface area contributed by atoms with Gasteiger partial charge in [-0.15, -0.1) is 12.6 Å². The summed E-state index contributed by atoms with van der Waals surface area (Å²) in [6.07, 6.45) is 1.78. The lowest BCUT2D eigenvalue weighted by Gasteiger charge is -2.33. The smallest absolute Gasteiger partial charge is 0.220 e. The lowest BCUT2D eigenvalue weighted by Crippen LogP contribution is -2.42. The SMILES string of the molecule is Cc1cc(F)ccc1C1=C(C(=O)S)C(C2CC2)=NC(C)N1N. The molecule has 1 fully saturated rings. The Kier molecular flexibility index (Phi) is 3.82. The molecule has 1 heterocycles. The minimum absolute atomic E-state index is 0.272. The van der Waals surface area contributed by atoms with Crippen molar-refractivity contribution >= 4 is 29.2 Å². The Morgan fingerprint density at radius 2 is 2.14 bits per heavy atom. The third-order valence-electron chi connectivity index (χ3n) is 4.10. The van der Waals surface area contributed by atoms with Gasteiger partial charge in [-0.05, 0) is 50.5 Å². The number of carbonyl (C=O) groups is 1. The minimum atomic E-state index is -0.355. The molecule has 1 aliphatic heterocycles. The van der Waals surface area contributed by atoms with E-state index in [-0.39, 0.29) is 17.1 Å². The van der Waals surface area contributed by atoms with Gasteiger partial charge in [-0.1, -0.05) is 0 Å². The van der Waals surface area contributed by atoms with Crippen molar-refractivity contribution in [2.45, 2.75) is 32.9 Å². The van der Waals surface area contributed by atoms with Crippen LogP contribution in [0.25, 0.3) is 5.70 Å². The number of hydrogen-bond acceptors (Lipinski definition) is 4. The van der Waals surface area contributed by atoms with Crippen molar-refractivity contribution in [2.75, 3.05) is 0 Å². The summed E-state index contributed by atoms with van der Waals surface area (Å²) >= 11 is 4.02. The van der Waals surface area contributed by atoms with Crippen LogP contribution < -0.4 is 5.84 Å². The lowest BCUT2D eigenvalue weighted by molar-refractivity contribution is -0.107. The van der Waals surface area contributed by atoms with E-state index < -0.39 is 0 Å². The standard InChI is InChI=1S/C16H18FN3OS/c1-8-7-11(17)5-6-12(8)15-13(16(21)22)14(10-3-4-10)19-9(2)20(15)18/h5-7,9-10H,3-4,18H2,1-2H3,(H,21,22). The van der Waals surface area contributed by atoms with E-state index in [0.717, 1.165) is 29.7 Å². The monoisotopic (exact) mass is 319 g/mol. The predicted octanol–water partition coefficient (Wildman–Crippen LogP) is 2.69. The molecule has 1 aliphatic carbocycles. The molecule has 0 saturated heterocycles. The fraction of sp³-hybridized carbons (Fsp3) is 0.375. The van der Waals surface area contributed by atoms with Crippen LogP contribution in [0.2, 0.25) is 0 Å². The zero-order chi connectivity index (χ0) is 16.0. The molecule has 0 amide bonds. The second kappa shape index (κ2) is 5.52. The minimum Gasteiger partial charge on any atom is -0.286 e. The molecular weight excluding hydrogens is 301 g/mol. The number of nitrogens with zero attached hydrogens (tertiary/aromatic N) is 2. The summed E-state index contributed by atoms with van der Waals surface area (Å²) in [5.41, 5.74) is 3.28. The summed E-state index contributed by atoms with van der Waals surface area (Å²) in [5, 5.41) is 1.11. The number of carbonyl (C=O) groups excluding carboxylic acids is 1. The summed E-state index contributed by atoms with van der Waals surface area (Å²) in [5.74, 6) is 6.15. The fourth-order valence-corrected chi connectivity index (χ4v) is 3.03. The average Bonchev–Trinajstić information content (AvgIpc) is 3.26. The number of hydrazine groups is 1. The summed E-state index contributed by atoms with van der Waals surface area (Å²) in [7, 11) is 0. The molecule has 1 unspecified atom stereocenters. The van der Waals surface area contributed by atoms with Crippen LogP contribution in [0.1, 0.15) is 30.9 Å². The Labute approximate surface area is 134 Å². The Balaban J connectivity index is 2.23. The number of halogens is 1. The maximum atomic E-state index is 13.4. The molecule has 1 aromatic carbocycles. The highest BCUT2D eigenvalue weighted by Crippen LogP contribution is 2.40. The van der Waals surface area contributed by atoms with Gasteiger partial charge >= 0.3 is 0 Å². The second-order valence-electron chi connectivity index (χ2n) is 5.82. The van der Waals surface area contributed by atoms with E-state index in [1.165, 1.54) is 17.1 Å². The number of aryl methyl sites for hydroxylation is 1. The van der Waals surface area contributed by atoms with Crippen molar-refractivity contribution in [2.24, 2.45) is 16.8 Å². The first-order valence-electron chi connectivity index (χ1n) is 7.26. The molecule has 0 aromatic heterocycles. The fourth-order valence-electron chi connectivity index (χ4n) is 2.81. The summed E-state index contributed by atoms with van der Waals surface area (Å²) < 4.78 is 13.4. The molecule has 3 rings (SSSR count). The van der Waals surface area contributed by atoms with E-state index in [0.29, 0.717) is 17.2 Å². The Hall–Kier alpha value is -1.66. The summed E-state index contributed by atoms with van der Waals surface area (Å²) in [4.78, 5) is 16.7. The molecule has 0 bridgehead atoms. The van der Waals surface area contributed by atoms with Crippen molar-refractivity contribution in [3.63, 3.8) is 0 Å². The number of rotatable bonds is 3. The third-order valence-corrected chi connectivity index (χ3v) is 4.32. The first kappa shape index (κ1) is 15.2. The normalized spacial score (nSPS) is 22.0. The number of thiol groups is 1. The largest absolute Gasteiger partial charge is 0.286 e. The van der Waals surface area contributed by atoms with Gasteiger partial charge < -0.3 is 0 Å². The van der Waals surface area contributed by atoms with Crippen LogP contribution in [0, 0.1) is 18.7 Å². The highest BCUT2D eigenvalue weighted by atomic mass is 32.1. The molecule has 2 aliphatic rings. The number of aliphatic imine (C=N–C) groups is 1. The molecule has 0 radical (unpaired) electrons. The lowest BCUT2D eigenvalue weighted by atomic mass is 9.95. The van der Waals surface area contributed by atoms with Gasteiger partial charge in [0.1, 0.15) is 12.0 Å². The van der Waals surface area contributed by atoms with Crippen LogP contribution in [0.4, 0.5) is 4.39 Å². The number of hydrogen-bond donors (Lipinski definition) is 2. The highest BCUT2D eigenvalue weighted by Gasteiger charge is 2.38. The zero-order valence-electron chi connectivity index (χ0n) is 12.5. The van der Waals surface area contributed by atoms with E-state index in [9.17, 15) is 9.18 Å². The Morgan fingerprint density at radius 1 is 1.45 bits per heavy atom. The van der Waals surface area contributed by atoms with Crippen molar-refractivity contribution in [1.82, 2.24) is 5.01 Å². The van der Waals surface area contributed by atoms with E-state index in [2.05, 4.69) is 17.6 Å². The van der Waals surface area contributed by atoms with Crippen molar-refractivity contribution in [1.29, 1.82) is 0 Å². The summed E-state index contributed by atoms with van der Waals surface area (Å²) in [6.45, 7) is 3.67. The number of nitrogens with two attached hydrogens (primary N) is 1. The molecule has 2 N–H and O–H groups in total. The first-order valence-corrected chi connectivity index (χ1v) is 7.71. The predicted molar refractivity (Wildman–Crippen MR) is 87.7 cm³/mol. The van der Waals surface area contributed by atoms with Gasteiger partial charge in [0, 0.05) is 11.5 Å². The quantitative estimate of drug-likeness (QED) is 0.665. The van der Waals surface area contributed by atoms with Crippen LogP contribution in [-0.2, 0) is 4.79 Å². The van der Waals surface area contributed by atoms with Crippen molar-refractivity contribution in [3.05, 3.63) is 40.7 Å². The van der Waals surface area contributed by atoms with Gasteiger partial charge in [-0.3, -0.25) is 14.8 Å². The van der Waals surface area contributed by atoms with E-state index in [4.69, 9.17) is 5.84 Å². The molecule has 1 atom stereocenters. The van der Waals surface area contributed by atoms with Gasteiger partial charge in [-0.25, -0.2) is 10.2 Å².